The van der Waals surface area contributed by atoms with Crippen molar-refractivity contribution in [1.82, 2.24) is 0 Å². The molecule has 2 aliphatic carbocycles. The maximum absolute atomic E-state index is 8.83. The van der Waals surface area contributed by atoms with E-state index in [1.807, 2.05) is 0 Å². The minimum absolute atomic E-state index is 0.446. The first-order chi connectivity index (χ1) is 4.42. The lowest BCUT2D eigenvalue weighted by Gasteiger charge is -2.39. The van der Waals surface area contributed by atoms with Crippen LogP contribution in [-0.2, 0) is 0 Å². The van der Waals surface area contributed by atoms with E-state index in [-0.39, 0.29) is 0 Å². The smallest absolute Gasteiger partial charge is 0.0462 e. The molecule has 0 unspecified atom stereocenters. The first-order valence-corrected chi connectivity index (χ1v) is 4.02. The quantitative estimate of drug-likeness (QED) is 0.563. The fourth-order valence-corrected chi connectivity index (χ4v) is 2.56. The topological polar surface area (TPSA) is 20.2 Å². The average Bonchev–Trinajstić information content (AvgIpc) is 2.14. The zero-order valence-electron chi connectivity index (χ0n) is 5.71. The van der Waals surface area contributed by atoms with Gasteiger partial charge >= 0.3 is 0 Å². The van der Waals surface area contributed by atoms with Crippen molar-refractivity contribution in [2.75, 3.05) is 6.61 Å². The Hall–Kier alpha value is -0.0400. The van der Waals surface area contributed by atoms with E-state index < -0.39 is 0 Å². The molecule has 0 aromatic carbocycles. The Kier molecular flexibility index (Phi) is 1.26. The third-order valence-corrected chi connectivity index (χ3v) is 3.16. The van der Waals surface area contributed by atoms with Crippen molar-refractivity contribution in [1.29, 1.82) is 0 Å². The van der Waals surface area contributed by atoms with Crippen LogP contribution in [0.1, 0.15) is 25.7 Å². The zero-order chi connectivity index (χ0) is 6.27. The highest BCUT2D eigenvalue weighted by atomic mass is 16.3. The largest absolute Gasteiger partial charge is 0.396 e. The van der Waals surface area contributed by atoms with E-state index in [2.05, 4.69) is 0 Å². The maximum Gasteiger partial charge on any atom is 0.0462 e. The summed E-state index contributed by atoms with van der Waals surface area (Å²) in [5.41, 5.74) is 0. The number of fused-ring (bicyclic) bond motifs is 1. The minimum Gasteiger partial charge on any atom is -0.396 e. The molecule has 9 heavy (non-hydrogen) atoms. The molecule has 0 aromatic heterocycles. The van der Waals surface area contributed by atoms with Crippen LogP contribution in [0, 0.1) is 17.8 Å². The van der Waals surface area contributed by atoms with Crippen LogP contribution < -0.4 is 0 Å². The van der Waals surface area contributed by atoms with E-state index in [0.717, 1.165) is 11.8 Å². The highest BCUT2D eigenvalue weighted by Crippen LogP contribution is 2.50. The molecule has 0 aliphatic heterocycles. The number of hydrogen-bond donors (Lipinski definition) is 1. The Morgan fingerprint density at radius 3 is 2.89 bits per heavy atom. The minimum atomic E-state index is 0.446. The molecule has 0 saturated heterocycles. The fourth-order valence-electron chi connectivity index (χ4n) is 2.56. The summed E-state index contributed by atoms with van der Waals surface area (Å²) in [7, 11) is 0. The Labute approximate surface area is 56.1 Å². The van der Waals surface area contributed by atoms with Gasteiger partial charge in [-0.15, -0.1) is 0 Å². The highest BCUT2D eigenvalue weighted by Gasteiger charge is 2.42. The summed E-state index contributed by atoms with van der Waals surface area (Å²) in [5, 5.41) is 8.83. The number of hydrogen-bond acceptors (Lipinski definition) is 1. The van der Waals surface area contributed by atoms with Gasteiger partial charge in [0, 0.05) is 6.61 Å². The van der Waals surface area contributed by atoms with Crippen LogP contribution in [0.25, 0.3) is 0 Å². The molecule has 52 valence electrons. The van der Waals surface area contributed by atoms with Gasteiger partial charge in [0.15, 0.2) is 0 Å². The third kappa shape index (κ3) is 0.710. The zero-order valence-corrected chi connectivity index (χ0v) is 5.71. The second-order valence-corrected chi connectivity index (χ2v) is 3.53. The molecule has 0 aromatic rings. The Morgan fingerprint density at radius 1 is 1.33 bits per heavy atom. The molecular formula is C8H14O. The molecule has 1 nitrogen and oxygen atoms in total. The van der Waals surface area contributed by atoms with E-state index in [1.165, 1.54) is 25.7 Å². The molecule has 2 saturated carbocycles. The highest BCUT2D eigenvalue weighted by molar-refractivity contribution is 4.92. The van der Waals surface area contributed by atoms with E-state index in [0.29, 0.717) is 12.5 Å². The standard InChI is InChI=1S/C8H14O/c9-5-7-4-6-2-1-3-8(6)7/h6-9H,1-5H2/t6-,7-,8-/m1/s1. The van der Waals surface area contributed by atoms with Crippen molar-refractivity contribution in [3.8, 4) is 0 Å². The summed E-state index contributed by atoms with van der Waals surface area (Å²) < 4.78 is 0. The summed E-state index contributed by atoms with van der Waals surface area (Å²) in [6.07, 6.45) is 5.59. The molecule has 0 heterocycles. The van der Waals surface area contributed by atoms with Gasteiger partial charge in [-0.1, -0.05) is 12.8 Å². The van der Waals surface area contributed by atoms with Crippen LogP contribution >= 0.6 is 0 Å². The lowest BCUT2D eigenvalue weighted by molar-refractivity contribution is 0.0454. The van der Waals surface area contributed by atoms with Gasteiger partial charge in [-0.05, 0) is 30.6 Å². The van der Waals surface area contributed by atoms with Crippen LogP contribution in [0.5, 0.6) is 0 Å². The van der Waals surface area contributed by atoms with Crippen molar-refractivity contribution in [3.63, 3.8) is 0 Å². The van der Waals surface area contributed by atoms with Crippen molar-refractivity contribution < 1.29 is 5.11 Å². The summed E-state index contributed by atoms with van der Waals surface area (Å²) >= 11 is 0. The van der Waals surface area contributed by atoms with Crippen LogP contribution in [0.3, 0.4) is 0 Å². The predicted octanol–water partition coefficient (Wildman–Crippen LogP) is 1.41. The van der Waals surface area contributed by atoms with Crippen molar-refractivity contribution >= 4 is 0 Å². The summed E-state index contributed by atoms with van der Waals surface area (Å²) in [6.45, 7) is 0.446. The van der Waals surface area contributed by atoms with Gasteiger partial charge in [0.1, 0.15) is 0 Å². The Morgan fingerprint density at radius 2 is 2.22 bits per heavy atom. The molecular weight excluding hydrogens is 112 g/mol. The van der Waals surface area contributed by atoms with Gasteiger partial charge in [-0.25, -0.2) is 0 Å². The lowest BCUT2D eigenvalue weighted by Crippen LogP contribution is -2.34. The van der Waals surface area contributed by atoms with Gasteiger partial charge in [0.2, 0.25) is 0 Å². The number of rotatable bonds is 1. The SMILES string of the molecule is OC[C@H]1C[C@H]2CCC[C@H]21. The van der Waals surface area contributed by atoms with E-state index in [4.69, 9.17) is 5.11 Å². The van der Waals surface area contributed by atoms with Gasteiger partial charge < -0.3 is 5.11 Å². The second kappa shape index (κ2) is 1.98. The van der Waals surface area contributed by atoms with E-state index in [9.17, 15) is 0 Å². The van der Waals surface area contributed by atoms with Crippen molar-refractivity contribution in [2.24, 2.45) is 17.8 Å². The Balaban J connectivity index is 1.93. The molecule has 0 amide bonds. The fraction of sp³-hybridized carbons (Fsp3) is 1.00. The molecule has 3 atom stereocenters. The van der Waals surface area contributed by atoms with Crippen LogP contribution in [-0.4, -0.2) is 11.7 Å². The van der Waals surface area contributed by atoms with Crippen LogP contribution in [0.4, 0.5) is 0 Å². The molecule has 0 spiro atoms. The van der Waals surface area contributed by atoms with Crippen LogP contribution in [0.15, 0.2) is 0 Å². The summed E-state index contributed by atoms with van der Waals surface area (Å²) in [6, 6.07) is 0. The average molecular weight is 126 g/mol. The van der Waals surface area contributed by atoms with Gasteiger partial charge in [0.25, 0.3) is 0 Å². The molecule has 2 fully saturated rings. The van der Waals surface area contributed by atoms with E-state index >= 15 is 0 Å². The number of aliphatic hydroxyl groups is 1. The van der Waals surface area contributed by atoms with Crippen molar-refractivity contribution in [2.45, 2.75) is 25.7 Å². The van der Waals surface area contributed by atoms with Crippen LogP contribution in [0.2, 0.25) is 0 Å². The first kappa shape index (κ1) is 5.72. The monoisotopic (exact) mass is 126 g/mol. The second-order valence-electron chi connectivity index (χ2n) is 3.53. The number of aliphatic hydroxyl groups excluding tert-OH is 1. The summed E-state index contributed by atoms with van der Waals surface area (Å²) in [4.78, 5) is 0. The molecule has 2 rings (SSSR count). The van der Waals surface area contributed by atoms with Gasteiger partial charge in [0.05, 0.1) is 0 Å². The first-order valence-electron chi connectivity index (χ1n) is 4.02. The molecule has 0 bridgehead atoms. The molecule has 1 heteroatoms. The van der Waals surface area contributed by atoms with Gasteiger partial charge in [-0.2, -0.15) is 0 Å². The predicted molar refractivity (Wildman–Crippen MR) is 36.0 cm³/mol. The third-order valence-electron chi connectivity index (χ3n) is 3.16. The van der Waals surface area contributed by atoms with Gasteiger partial charge in [-0.3, -0.25) is 0 Å². The maximum atomic E-state index is 8.83. The Bertz CT molecular complexity index is 111. The molecule has 2 aliphatic rings. The lowest BCUT2D eigenvalue weighted by atomic mass is 9.67. The normalized spacial score (nSPS) is 48.3. The molecule has 1 N–H and O–H groups in total. The molecule has 0 radical (unpaired) electrons. The van der Waals surface area contributed by atoms with Crippen molar-refractivity contribution in [3.05, 3.63) is 0 Å². The van der Waals surface area contributed by atoms with E-state index in [1.54, 1.807) is 0 Å². The summed E-state index contributed by atoms with van der Waals surface area (Å²) in [5.74, 6) is 2.63.